The molecule has 14 nitrogen and oxygen atoms in total. The normalized spacial score (nSPS) is 13.6. The number of nitriles is 1. The van der Waals surface area contributed by atoms with E-state index >= 15 is 8.78 Å². The summed E-state index contributed by atoms with van der Waals surface area (Å²) >= 11 is 14.1. The van der Waals surface area contributed by atoms with Crippen molar-refractivity contribution in [3.05, 3.63) is 222 Å². The summed E-state index contributed by atoms with van der Waals surface area (Å²) in [5.41, 5.74) is 13.1. The molecule has 2 saturated heterocycles. The fraction of sp³-hybridized carbons (Fsp3) is 0.344. The number of nitrogens with zero attached hydrogens (tertiary/aromatic N) is 8. The summed E-state index contributed by atoms with van der Waals surface area (Å²) in [5.74, 6) is -0.287. The van der Waals surface area contributed by atoms with Crippen molar-refractivity contribution in [2.45, 2.75) is 116 Å². The number of benzene rings is 3. The summed E-state index contributed by atoms with van der Waals surface area (Å²) < 4.78 is 60.6. The van der Waals surface area contributed by atoms with Gasteiger partial charge in [0.2, 0.25) is 0 Å². The SMILES string of the molecule is Cc1ccc(Br)nc1.Cc1ccc(C#N)nc1.Cc1ccc(CCCC2(F)CCN(C(=O)c3ccc(C)c(Cl)c3)CC2)nc1.Cc1ccc(CN)nc1.Cc1ccc(S(=O)(=O)OCC2(F)CCN(C(=O)c3ccc(C)c(Cl)c3)CC2)cc1.[C-]#N.[Cl][Fe]([Cl])[Cl].[Cu+]. The number of nitrogens with two attached hydrogens (primary N) is 1. The number of rotatable bonds is 11. The second-order valence-corrected chi connectivity index (χ2v) is 29.4. The van der Waals surface area contributed by atoms with Gasteiger partial charge in [0.15, 0.2) is 0 Å². The summed E-state index contributed by atoms with van der Waals surface area (Å²) in [4.78, 5) is 44.8. The molecular formula is C64H71BrCl5CuF2FeN9O5S. The van der Waals surface area contributed by atoms with Crippen LogP contribution < -0.4 is 5.73 Å². The van der Waals surface area contributed by atoms with Gasteiger partial charge in [-0.2, -0.15) is 13.7 Å². The van der Waals surface area contributed by atoms with Crippen LogP contribution in [0.1, 0.15) is 115 Å². The zero-order valence-electron chi connectivity index (χ0n) is 50.2. The van der Waals surface area contributed by atoms with E-state index in [2.05, 4.69) is 35.9 Å². The molecule has 0 atom stereocenters. The minimum absolute atomic E-state index is 0. The zero-order chi connectivity index (χ0) is 65.6. The van der Waals surface area contributed by atoms with Crippen LogP contribution in [0.3, 0.4) is 0 Å². The molecule has 483 valence electrons. The fourth-order valence-corrected chi connectivity index (χ4v) is 9.79. The number of carbonyl (C=O) groups excluding carboxylic acids is 2. The number of piperidine rings is 2. The Morgan fingerprint density at radius 1 is 0.640 bits per heavy atom. The summed E-state index contributed by atoms with van der Waals surface area (Å²) in [5, 5.41) is 15.7. The second kappa shape index (κ2) is 40.7. The Bertz CT molecular complexity index is 3440. The second-order valence-electron chi connectivity index (χ2n) is 20.7. The monoisotopic (exact) mass is 1490 g/mol. The van der Waals surface area contributed by atoms with Gasteiger partial charge in [0.05, 0.1) is 10.6 Å². The van der Waals surface area contributed by atoms with Crippen LogP contribution in [0.5, 0.6) is 0 Å². The molecule has 4 aromatic heterocycles. The Kier molecular flexibility index (Phi) is 36.5. The largest absolute Gasteiger partial charge is 1.00 e. The van der Waals surface area contributed by atoms with E-state index in [1.165, 1.54) is 23.3 Å². The smallest absolute Gasteiger partial charge is 1.00 e. The maximum absolute atomic E-state index is 15.1. The topological polar surface area (TPSA) is 209 Å². The minimum atomic E-state index is -4.03. The van der Waals surface area contributed by atoms with Crippen molar-refractivity contribution >= 4 is 91.4 Å². The van der Waals surface area contributed by atoms with Gasteiger partial charge >= 0.3 is 58.5 Å². The number of aromatic nitrogens is 4. The van der Waals surface area contributed by atoms with Crippen molar-refractivity contribution in [3.63, 3.8) is 0 Å². The van der Waals surface area contributed by atoms with Crippen LogP contribution in [0.25, 0.3) is 0 Å². The number of aryl methyl sites for hydroxylation is 8. The summed E-state index contributed by atoms with van der Waals surface area (Å²) in [6.07, 6.45) is 10.0. The third-order valence-corrected chi connectivity index (χ3v) is 16.2. The van der Waals surface area contributed by atoms with Crippen LogP contribution in [0, 0.1) is 71.6 Å². The number of alkyl halides is 2. The summed E-state index contributed by atoms with van der Waals surface area (Å²) in [6, 6.07) is 34.0. The molecule has 0 bridgehead atoms. The van der Waals surface area contributed by atoms with Crippen molar-refractivity contribution in [1.82, 2.24) is 29.7 Å². The van der Waals surface area contributed by atoms with E-state index in [0.717, 1.165) is 56.6 Å². The molecule has 3 aromatic carbocycles. The third-order valence-electron chi connectivity index (χ3n) is 13.6. The summed E-state index contributed by atoms with van der Waals surface area (Å²) in [6.45, 7) is 19.5. The average Bonchev–Trinajstić information content (AvgIpc) is 2.55. The number of pyridine rings is 4. The molecule has 0 saturated carbocycles. The minimum Gasteiger partial charge on any atom is 1.00 e. The Balaban J connectivity index is 0.000000406. The van der Waals surface area contributed by atoms with Gasteiger partial charge < -0.3 is 27.4 Å². The Morgan fingerprint density at radius 2 is 1.04 bits per heavy atom. The molecule has 0 unspecified atom stereocenters. The zero-order valence-corrected chi connectivity index (χ0v) is 58.4. The predicted octanol–water partition coefficient (Wildman–Crippen LogP) is 16.0. The molecule has 0 spiro atoms. The van der Waals surface area contributed by atoms with Crippen LogP contribution in [-0.4, -0.2) is 94.1 Å². The van der Waals surface area contributed by atoms with E-state index in [0.29, 0.717) is 65.8 Å². The number of halogens is 8. The van der Waals surface area contributed by atoms with E-state index in [1.807, 2.05) is 122 Å². The van der Waals surface area contributed by atoms with E-state index in [1.54, 1.807) is 64.5 Å². The van der Waals surface area contributed by atoms with Crippen LogP contribution in [0.4, 0.5) is 8.78 Å². The first kappa shape index (κ1) is 80.0. The Morgan fingerprint density at radius 3 is 1.42 bits per heavy atom. The van der Waals surface area contributed by atoms with E-state index < -0.39 is 39.2 Å². The maximum Gasteiger partial charge on any atom is 1.00 e. The standard InChI is InChI=1S/C22H26ClFN2O.C21H23ClFNO4S.C7H10N2.C7H6N2.C6H6BrN.CN.3ClH.Cu.Fe/c1-16-5-8-19(25-15-16)4-3-9-22(24)10-12-26(13-11-22)21(27)18-7-6-17(2)20(23)14-18;1-15-3-7-18(8-4-15)29(26,27)28-14-21(23)9-11-24(12-10-21)20(25)17-6-5-16(2)19(22)13-17;2*1-6-2-3-7(4-8)9-5-6;1-5-2-3-6(7)8-4-5;1-2;;;;;/h5-8,14-15H,3-4,9-13H2,1-2H3;3-8,13H,9-12,14H2,1-2H3;2-3,5H,4,8H2,1H3;2-3,5H,1H3;2-4H,1H3;;3*1H;;/q;;;;;-1;;;;+1;+3/p-3. The number of hydrogen-bond acceptors (Lipinski definition) is 12. The van der Waals surface area contributed by atoms with Gasteiger partial charge in [0, 0.05) is 97.2 Å². The van der Waals surface area contributed by atoms with Crippen molar-refractivity contribution < 1.29 is 59.2 Å². The van der Waals surface area contributed by atoms with Gasteiger partial charge in [-0.05, 0) is 191 Å². The molecule has 2 aliphatic heterocycles. The molecule has 6 heterocycles. The van der Waals surface area contributed by atoms with E-state index in [9.17, 15) is 18.0 Å². The molecule has 25 heteroatoms. The van der Waals surface area contributed by atoms with Crippen LogP contribution >= 0.6 is 69.4 Å². The molecule has 89 heavy (non-hydrogen) atoms. The van der Waals surface area contributed by atoms with Gasteiger partial charge in [-0.15, -0.1) is 0 Å². The average molecular weight is 1490 g/mol. The number of hydrogen-bond donors (Lipinski definition) is 1. The first-order valence-corrected chi connectivity index (χ1v) is 34.9. The summed E-state index contributed by atoms with van der Waals surface area (Å²) in [7, 11) is 10.6. The molecule has 2 amide bonds. The number of likely N-dealkylation sites (tertiary alicyclic amines) is 2. The first-order chi connectivity index (χ1) is 41.6. The van der Waals surface area contributed by atoms with Crippen LogP contribution in [-0.2, 0) is 55.5 Å². The molecule has 9 rings (SSSR count). The van der Waals surface area contributed by atoms with Gasteiger partial charge in [-0.3, -0.25) is 23.7 Å². The van der Waals surface area contributed by atoms with E-state index in [-0.39, 0.29) is 59.7 Å². The maximum atomic E-state index is 15.1. The Labute approximate surface area is 569 Å². The first-order valence-electron chi connectivity index (χ1n) is 27.4. The molecule has 2 N–H and O–H groups in total. The fourth-order valence-electron chi connectivity index (χ4n) is 8.22. The molecule has 0 aliphatic carbocycles. The van der Waals surface area contributed by atoms with Gasteiger partial charge in [0.25, 0.3) is 21.9 Å². The molecular weight excluding hydrogens is 1420 g/mol. The molecule has 2 aliphatic rings. The number of amides is 2. The molecule has 7 aromatic rings. The van der Waals surface area contributed by atoms with Crippen molar-refractivity contribution in [1.29, 1.82) is 10.5 Å². The van der Waals surface area contributed by atoms with Crippen LogP contribution in [0.15, 0.2) is 143 Å². The van der Waals surface area contributed by atoms with E-state index in [4.69, 9.17) is 80.5 Å². The van der Waals surface area contributed by atoms with Gasteiger partial charge in [-0.1, -0.05) is 77.3 Å². The molecule has 2 fully saturated rings. The third kappa shape index (κ3) is 29.8. The van der Waals surface area contributed by atoms with Crippen molar-refractivity contribution in [2.24, 2.45) is 5.73 Å². The van der Waals surface area contributed by atoms with Gasteiger partial charge in [-0.25, -0.2) is 18.7 Å². The quantitative estimate of drug-likeness (QED) is 0.0555. The van der Waals surface area contributed by atoms with Crippen molar-refractivity contribution in [2.75, 3.05) is 32.8 Å². The van der Waals surface area contributed by atoms with Crippen LogP contribution in [0.2, 0.25) is 10.0 Å². The predicted molar refractivity (Wildman–Crippen MR) is 346 cm³/mol. The molecule has 0 radical (unpaired) electrons. The number of carbonyl (C=O) groups is 2. The van der Waals surface area contributed by atoms with Gasteiger partial charge in [0.1, 0.15) is 34.3 Å². The Hall–Kier alpha value is -5.12. The van der Waals surface area contributed by atoms with Crippen molar-refractivity contribution in [3.8, 4) is 6.07 Å².